The van der Waals surface area contributed by atoms with Crippen LogP contribution in [-0.4, -0.2) is 6.54 Å². The first-order chi connectivity index (χ1) is 9.79. The molecule has 1 atom stereocenters. The van der Waals surface area contributed by atoms with E-state index in [0.29, 0.717) is 6.04 Å². The zero-order valence-electron chi connectivity index (χ0n) is 13.1. The maximum atomic E-state index is 5.37. The Morgan fingerprint density at radius 1 is 1.05 bits per heavy atom. The van der Waals surface area contributed by atoms with Gasteiger partial charge in [0.05, 0.1) is 6.26 Å². The van der Waals surface area contributed by atoms with E-state index in [9.17, 15) is 0 Å². The van der Waals surface area contributed by atoms with Gasteiger partial charge >= 0.3 is 0 Å². The van der Waals surface area contributed by atoms with Crippen LogP contribution in [0.25, 0.3) is 0 Å². The lowest BCUT2D eigenvalue weighted by atomic mass is 10.0. The molecule has 0 aromatic carbocycles. The summed E-state index contributed by atoms with van der Waals surface area (Å²) in [7, 11) is 0. The van der Waals surface area contributed by atoms with Gasteiger partial charge in [0.25, 0.3) is 0 Å². The van der Waals surface area contributed by atoms with E-state index in [-0.39, 0.29) is 0 Å². The number of halogens is 1. The molecule has 0 amide bonds. The van der Waals surface area contributed by atoms with Crippen molar-refractivity contribution in [3.05, 3.63) is 22.6 Å². The molecular weight excluding hydrogens is 314 g/mol. The third kappa shape index (κ3) is 6.94. The third-order valence-corrected chi connectivity index (χ3v) is 4.40. The van der Waals surface area contributed by atoms with E-state index in [1.165, 1.54) is 63.4 Å². The summed E-state index contributed by atoms with van der Waals surface area (Å²) in [5, 5.41) is 3.63. The molecule has 0 aliphatic carbocycles. The average Bonchev–Trinajstić information content (AvgIpc) is 2.87. The maximum Gasteiger partial charge on any atom is 0.173 e. The van der Waals surface area contributed by atoms with E-state index < -0.39 is 0 Å². The Kier molecular flexibility index (Phi) is 10.1. The van der Waals surface area contributed by atoms with Crippen molar-refractivity contribution in [2.45, 2.75) is 77.7 Å². The fourth-order valence-corrected chi connectivity index (χ4v) is 3.06. The second kappa shape index (κ2) is 11.4. The van der Waals surface area contributed by atoms with Crippen molar-refractivity contribution in [2.75, 3.05) is 6.54 Å². The quantitative estimate of drug-likeness (QED) is 0.455. The fraction of sp³-hybridized carbons (Fsp3) is 0.765. The van der Waals surface area contributed by atoms with Gasteiger partial charge in [-0.2, -0.15) is 0 Å². The molecule has 1 N–H and O–H groups in total. The van der Waals surface area contributed by atoms with Crippen LogP contribution in [-0.2, 0) is 0 Å². The van der Waals surface area contributed by atoms with Crippen molar-refractivity contribution in [1.29, 1.82) is 0 Å². The van der Waals surface area contributed by atoms with Gasteiger partial charge in [0.15, 0.2) is 4.67 Å². The van der Waals surface area contributed by atoms with Crippen molar-refractivity contribution in [1.82, 2.24) is 5.32 Å². The van der Waals surface area contributed by atoms with Crippen LogP contribution in [0.5, 0.6) is 0 Å². The van der Waals surface area contributed by atoms with Crippen LogP contribution in [0.1, 0.15) is 83.2 Å². The largest absolute Gasteiger partial charge is 0.457 e. The van der Waals surface area contributed by atoms with Gasteiger partial charge in [-0.15, -0.1) is 0 Å². The Morgan fingerprint density at radius 3 is 2.35 bits per heavy atom. The fourth-order valence-electron chi connectivity index (χ4n) is 2.55. The first-order valence-electron chi connectivity index (χ1n) is 8.25. The van der Waals surface area contributed by atoms with E-state index in [4.69, 9.17) is 4.42 Å². The summed E-state index contributed by atoms with van der Waals surface area (Å²) in [6.45, 7) is 5.55. The lowest BCUT2D eigenvalue weighted by Gasteiger charge is -2.17. The molecule has 1 heterocycles. The molecule has 0 spiro atoms. The predicted molar refractivity (Wildman–Crippen MR) is 90.1 cm³/mol. The molecule has 0 aliphatic rings. The lowest BCUT2D eigenvalue weighted by molar-refractivity contribution is 0.454. The van der Waals surface area contributed by atoms with Gasteiger partial charge in [-0.25, -0.2) is 0 Å². The molecule has 0 aliphatic heterocycles. The van der Waals surface area contributed by atoms with Crippen LogP contribution in [0.3, 0.4) is 0 Å². The van der Waals surface area contributed by atoms with Gasteiger partial charge in [-0.3, -0.25) is 0 Å². The van der Waals surface area contributed by atoms with Crippen molar-refractivity contribution in [2.24, 2.45) is 0 Å². The minimum absolute atomic E-state index is 0.429. The molecule has 1 rings (SSSR count). The van der Waals surface area contributed by atoms with Crippen LogP contribution in [0.15, 0.2) is 21.4 Å². The standard InChI is InChI=1S/C17H30BrNO/c1-3-5-6-7-8-9-10-11-16(19-13-4-2)15-12-14-20-17(15)18/h12,14,16,19H,3-11,13H2,1-2H3. The molecule has 0 radical (unpaired) electrons. The van der Waals surface area contributed by atoms with Crippen LogP contribution in [0, 0.1) is 0 Å². The number of furan rings is 1. The lowest BCUT2D eigenvalue weighted by Crippen LogP contribution is -2.22. The van der Waals surface area contributed by atoms with Crippen LogP contribution >= 0.6 is 15.9 Å². The summed E-state index contributed by atoms with van der Waals surface area (Å²) in [5.74, 6) is 0. The molecule has 3 heteroatoms. The molecule has 2 nitrogen and oxygen atoms in total. The molecule has 1 aromatic heterocycles. The summed E-state index contributed by atoms with van der Waals surface area (Å²) in [5.41, 5.74) is 1.27. The Hall–Kier alpha value is -0.280. The minimum Gasteiger partial charge on any atom is -0.457 e. The zero-order valence-corrected chi connectivity index (χ0v) is 14.7. The van der Waals surface area contributed by atoms with Crippen molar-refractivity contribution in [3.63, 3.8) is 0 Å². The van der Waals surface area contributed by atoms with Crippen molar-refractivity contribution < 1.29 is 4.42 Å². The molecular formula is C17H30BrNO. The van der Waals surface area contributed by atoms with Crippen LogP contribution < -0.4 is 5.32 Å². The molecule has 0 saturated carbocycles. The van der Waals surface area contributed by atoms with Gasteiger partial charge in [-0.05, 0) is 41.4 Å². The highest BCUT2D eigenvalue weighted by Gasteiger charge is 2.15. The van der Waals surface area contributed by atoms with E-state index in [0.717, 1.165) is 11.2 Å². The number of hydrogen-bond donors (Lipinski definition) is 1. The maximum absolute atomic E-state index is 5.37. The molecule has 1 aromatic rings. The van der Waals surface area contributed by atoms with E-state index in [1.54, 1.807) is 6.26 Å². The first-order valence-corrected chi connectivity index (χ1v) is 9.05. The minimum atomic E-state index is 0.429. The predicted octanol–water partition coefficient (Wildman–Crippen LogP) is 6.22. The van der Waals surface area contributed by atoms with Crippen LogP contribution in [0.2, 0.25) is 0 Å². The third-order valence-electron chi connectivity index (χ3n) is 3.76. The summed E-state index contributed by atoms with van der Waals surface area (Å²) in [4.78, 5) is 0. The van der Waals surface area contributed by atoms with Gasteiger partial charge in [0.2, 0.25) is 0 Å². The molecule has 0 bridgehead atoms. The number of hydrogen-bond acceptors (Lipinski definition) is 2. The summed E-state index contributed by atoms with van der Waals surface area (Å²) in [6.07, 6.45) is 13.7. The molecule has 1 unspecified atom stereocenters. The smallest absolute Gasteiger partial charge is 0.173 e. The highest BCUT2D eigenvalue weighted by molar-refractivity contribution is 9.10. The Bertz CT molecular complexity index is 337. The van der Waals surface area contributed by atoms with Gasteiger partial charge in [0.1, 0.15) is 0 Å². The highest BCUT2D eigenvalue weighted by atomic mass is 79.9. The van der Waals surface area contributed by atoms with Crippen molar-refractivity contribution >= 4 is 15.9 Å². The van der Waals surface area contributed by atoms with Gasteiger partial charge in [-0.1, -0.05) is 58.8 Å². The highest BCUT2D eigenvalue weighted by Crippen LogP contribution is 2.28. The van der Waals surface area contributed by atoms with Crippen molar-refractivity contribution in [3.8, 4) is 0 Å². The normalized spacial score (nSPS) is 12.8. The topological polar surface area (TPSA) is 25.2 Å². The number of unbranched alkanes of at least 4 members (excludes halogenated alkanes) is 6. The monoisotopic (exact) mass is 343 g/mol. The summed E-state index contributed by atoms with van der Waals surface area (Å²) in [6, 6.07) is 2.51. The summed E-state index contributed by atoms with van der Waals surface area (Å²) < 4.78 is 6.26. The second-order valence-corrected chi connectivity index (χ2v) is 6.29. The van der Waals surface area contributed by atoms with E-state index >= 15 is 0 Å². The van der Waals surface area contributed by atoms with Gasteiger partial charge < -0.3 is 9.73 Å². The number of nitrogens with one attached hydrogen (secondary N) is 1. The molecule has 0 fully saturated rings. The molecule has 0 saturated heterocycles. The Labute approximate surface area is 132 Å². The average molecular weight is 344 g/mol. The van der Waals surface area contributed by atoms with Gasteiger partial charge in [0, 0.05) is 11.6 Å². The molecule has 116 valence electrons. The van der Waals surface area contributed by atoms with Crippen LogP contribution in [0.4, 0.5) is 0 Å². The Morgan fingerprint density at radius 2 is 1.75 bits per heavy atom. The van der Waals surface area contributed by atoms with E-state index in [1.807, 2.05) is 0 Å². The Balaban J connectivity index is 2.26. The molecule has 20 heavy (non-hydrogen) atoms. The number of rotatable bonds is 12. The van der Waals surface area contributed by atoms with E-state index in [2.05, 4.69) is 41.2 Å². The summed E-state index contributed by atoms with van der Waals surface area (Å²) >= 11 is 3.50. The zero-order chi connectivity index (χ0) is 14.6. The second-order valence-electron chi connectivity index (χ2n) is 5.57. The SMILES string of the molecule is CCCCCCCCCC(NCCC)c1ccoc1Br. The first kappa shape index (κ1) is 17.8.